The number of benzene rings is 2. The van der Waals surface area contributed by atoms with E-state index < -0.39 is 33.5 Å². The molecule has 0 aliphatic carbocycles. The molecule has 1 atom stereocenters. The number of hydrogen-bond donors (Lipinski definition) is 3. The number of nitrogens with one attached hydrogen (secondary N) is 2. The van der Waals surface area contributed by atoms with Crippen LogP contribution in [0.2, 0.25) is 0 Å². The Labute approximate surface area is 172 Å². The topological polar surface area (TPSA) is 114 Å². The lowest BCUT2D eigenvalue weighted by Gasteiger charge is -2.13. The Hall–Kier alpha value is -3.24. The summed E-state index contributed by atoms with van der Waals surface area (Å²) in [5, 5.41) is 4.88. The lowest BCUT2D eigenvalue weighted by atomic mass is 9.97. The maximum absolute atomic E-state index is 14.5. The normalized spacial score (nSPS) is 12.4. The molecule has 10 heteroatoms. The van der Waals surface area contributed by atoms with Crippen LogP contribution in [-0.4, -0.2) is 26.3 Å². The molecule has 0 aliphatic rings. The van der Waals surface area contributed by atoms with Crippen molar-refractivity contribution in [1.82, 2.24) is 4.98 Å². The second-order valence-electron chi connectivity index (χ2n) is 6.61. The van der Waals surface area contributed by atoms with E-state index >= 15 is 0 Å². The number of anilines is 1. The van der Waals surface area contributed by atoms with Crippen molar-refractivity contribution in [2.24, 2.45) is 5.14 Å². The van der Waals surface area contributed by atoms with Gasteiger partial charge < -0.3 is 9.72 Å². The minimum Gasteiger partial charge on any atom is -0.497 e. The average Bonchev–Trinajstić information content (AvgIpc) is 3.16. The third-order valence-electron chi connectivity index (χ3n) is 4.57. The van der Waals surface area contributed by atoms with Crippen LogP contribution in [0, 0.1) is 11.6 Å². The number of carbonyl (C=O) groups is 1. The smallest absolute Gasteiger partial charge is 0.296 e. The Bertz CT molecular complexity index is 1210. The predicted octanol–water partition coefficient (Wildman–Crippen LogP) is 3.30. The SMILES string of the molecule is COc1ccc(C(=O)c2ccc(C(C)c3ccc(NS(N)(=O)=O)cc3F)[nH]2)c(F)c1. The molecular formula is C20H19F2N3O4S. The van der Waals surface area contributed by atoms with Gasteiger partial charge in [0, 0.05) is 17.7 Å². The highest BCUT2D eigenvalue weighted by Gasteiger charge is 2.20. The number of aromatic nitrogens is 1. The summed E-state index contributed by atoms with van der Waals surface area (Å²) in [7, 11) is -2.62. The average molecular weight is 435 g/mol. The van der Waals surface area contributed by atoms with Gasteiger partial charge in [-0.3, -0.25) is 9.52 Å². The summed E-state index contributed by atoms with van der Waals surface area (Å²) in [6.07, 6.45) is 0. The van der Waals surface area contributed by atoms with E-state index in [2.05, 4.69) is 4.98 Å². The van der Waals surface area contributed by atoms with Crippen LogP contribution >= 0.6 is 0 Å². The van der Waals surface area contributed by atoms with Gasteiger partial charge in [0.25, 0.3) is 10.2 Å². The monoisotopic (exact) mass is 435 g/mol. The number of nitrogens with two attached hydrogens (primary N) is 1. The molecule has 30 heavy (non-hydrogen) atoms. The van der Waals surface area contributed by atoms with E-state index in [1.54, 1.807) is 13.0 Å². The minimum atomic E-state index is -4.02. The van der Waals surface area contributed by atoms with Crippen LogP contribution in [0.15, 0.2) is 48.5 Å². The summed E-state index contributed by atoms with van der Waals surface area (Å²) in [4.78, 5) is 15.5. The van der Waals surface area contributed by atoms with Crippen LogP contribution in [0.4, 0.5) is 14.5 Å². The molecule has 0 fully saturated rings. The third-order valence-corrected chi connectivity index (χ3v) is 5.09. The number of rotatable bonds is 7. The second kappa shape index (κ2) is 8.25. The number of aromatic amines is 1. The zero-order chi connectivity index (χ0) is 22.1. The molecule has 3 aromatic rings. The van der Waals surface area contributed by atoms with Crippen molar-refractivity contribution in [3.8, 4) is 5.75 Å². The molecule has 0 saturated heterocycles. The summed E-state index contributed by atoms with van der Waals surface area (Å²) < 4.78 is 57.7. The first-order valence-corrected chi connectivity index (χ1v) is 10.3. The third kappa shape index (κ3) is 4.66. The molecule has 0 radical (unpaired) electrons. The summed E-state index contributed by atoms with van der Waals surface area (Å²) in [6.45, 7) is 1.71. The van der Waals surface area contributed by atoms with Crippen molar-refractivity contribution < 1.29 is 26.7 Å². The van der Waals surface area contributed by atoms with Crippen LogP contribution in [0.5, 0.6) is 5.75 Å². The van der Waals surface area contributed by atoms with E-state index in [1.165, 1.54) is 37.4 Å². The van der Waals surface area contributed by atoms with Crippen molar-refractivity contribution in [1.29, 1.82) is 0 Å². The van der Waals surface area contributed by atoms with E-state index in [-0.39, 0.29) is 22.5 Å². The number of halogens is 2. The predicted molar refractivity (Wildman–Crippen MR) is 108 cm³/mol. The molecule has 1 aromatic heterocycles. The first-order valence-electron chi connectivity index (χ1n) is 8.76. The minimum absolute atomic E-state index is 0.0108. The van der Waals surface area contributed by atoms with Crippen LogP contribution in [0.25, 0.3) is 0 Å². The van der Waals surface area contributed by atoms with Crippen molar-refractivity contribution in [2.75, 3.05) is 11.8 Å². The van der Waals surface area contributed by atoms with E-state index in [9.17, 15) is 22.0 Å². The van der Waals surface area contributed by atoms with E-state index in [4.69, 9.17) is 9.88 Å². The first-order chi connectivity index (χ1) is 14.1. The molecule has 0 amide bonds. The van der Waals surface area contributed by atoms with E-state index in [0.29, 0.717) is 11.4 Å². The largest absolute Gasteiger partial charge is 0.497 e. The molecule has 7 nitrogen and oxygen atoms in total. The van der Waals surface area contributed by atoms with Gasteiger partial charge in [-0.1, -0.05) is 13.0 Å². The number of methoxy groups -OCH3 is 1. The second-order valence-corrected chi connectivity index (χ2v) is 7.90. The molecule has 0 spiro atoms. The lowest BCUT2D eigenvalue weighted by Crippen LogP contribution is -2.21. The standard InChI is InChI=1S/C20H19F2N3O4S/c1-11(14-5-3-12(9-16(14)21)25-30(23,27)28)18-7-8-19(24-18)20(26)15-6-4-13(29-2)10-17(15)22/h3-11,24-25H,1-2H3,(H2,23,27,28). The van der Waals surface area contributed by atoms with Crippen molar-refractivity contribution in [2.45, 2.75) is 12.8 Å². The first kappa shape index (κ1) is 21.5. The van der Waals surface area contributed by atoms with Crippen LogP contribution in [-0.2, 0) is 10.2 Å². The highest BCUT2D eigenvalue weighted by Crippen LogP contribution is 2.28. The lowest BCUT2D eigenvalue weighted by molar-refractivity contribution is 0.103. The highest BCUT2D eigenvalue weighted by atomic mass is 32.2. The molecule has 1 heterocycles. The Balaban J connectivity index is 1.84. The summed E-state index contributed by atoms with van der Waals surface area (Å²) in [6, 6.07) is 10.8. The fourth-order valence-corrected chi connectivity index (χ4v) is 3.48. The van der Waals surface area contributed by atoms with E-state index in [0.717, 1.165) is 12.1 Å². The summed E-state index contributed by atoms with van der Waals surface area (Å²) in [5.74, 6) is -2.12. The zero-order valence-electron chi connectivity index (χ0n) is 16.1. The zero-order valence-corrected chi connectivity index (χ0v) is 16.9. The van der Waals surface area contributed by atoms with Crippen LogP contribution in [0.1, 0.15) is 40.2 Å². The molecule has 3 rings (SSSR count). The summed E-state index contributed by atoms with van der Waals surface area (Å²) >= 11 is 0. The fourth-order valence-electron chi connectivity index (χ4n) is 3.02. The van der Waals surface area contributed by atoms with Gasteiger partial charge in [-0.05, 0) is 42.0 Å². The van der Waals surface area contributed by atoms with Crippen molar-refractivity contribution >= 4 is 21.7 Å². The molecule has 1 unspecified atom stereocenters. The van der Waals surface area contributed by atoms with Gasteiger partial charge in [0.1, 0.15) is 17.4 Å². The molecule has 4 N–H and O–H groups in total. The van der Waals surface area contributed by atoms with Crippen LogP contribution in [0.3, 0.4) is 0 Å². The quantitative estimate of drug-likeness (QED) is 0.494. The molecule has 2 aromatic carbocycles. The molecule has 0 aliphatic heterocycles. The van der Waals surface area contributed by atoms with Gasteiger partial charge in [0.2, 0.25) is 5.78 Å². The maximum Gasteiger partial charge on any atom is 0.296 e. The van der Waals surface area contributed by atoms with Gasteiger partial charge >= 0.3 is 0 Å². The van der Waals surface area contributed by atoms with Gasteiger partial charge in [-0.2, -0.15) is 8.42 Å². The number of H-pyrrole nitrogens is 1. The van der Waals surface area contributed by atoms with Gasteiger partial charge in [-0.25, -0.2) is 13.9 Å². The Kier molecular flexibility index (Phi) is 5.90. The molecular weight excluding hydrogens is 416 g/mol. The Morgan fingerprint density at radius 1 is 1.10 bits per heavy atom. The maximum atomic E-state index is 14.5. The van der Waals surface area contributed by atoms with Crippen molar-refractivity contribution in [3.05, 3.63) is 82.7 Å². The number of ketones is 1. The number of hydrogen-bond acceptors (Lipinski definition) is 4. The Morgan fingerprint density at radius 2 is 1.83 bits per heavy atom. The molecule has 0 saturated carbocycles. The fraction of sp³-hybridized carbons (Fsp3) is 0.150. The number of carbonyl (C=O) groups excluding carboxylic acids is 1. The Morgan fingerprint density at radius 3 is 2.43 bits per heavy atom. The highest BCUT2D eigenvalue weighted by molar-refractivity contribution is 7.90. The van der Waals surface area contributed by atoms with Crippen molar-refractivity contribution in [3.63, 3.8) is 0 Å². The molecule has 0 bridgehead atoms. The van der Waals surface area contributed by atoms with Gasteiger partial charge in [0.15, 0.2) is 0 Å². The number of ether oxygens (including phenoxy) is 1. The molecule has 158 valence electrons. The van der Waals surface area contributed by atoms with E-state index in [1.807, 2.05) is 4.72 Å². The van der Waals surface area contributed by atoms with Crippen LogP contribution < -0.4 is 14.6 Å². The summed E-state index contributed by atoms with van der Waals surface area (Å²) in [5.41, 5.74) is 0.809. The van der Waals surface area contributed by atoms with Gasteiger partial charge in [0.05, 0.1) is 24.1 Å². The van der Waals surface area contributed by atoms with Gasteiger partial charge in [-0.15, -0.1) is 0 Å².